The SMILES string of the molecule is O=C(CN(C(=O)Cc1cc(F)cc(F)c1)c1cccs1)N[C@@H](Cc1ccccc1)C(=O)O. The van der Waals surface area contributed by atoms with E-state index in [1.807, 2.05) is 0 Å². The molecular weight excluding hydrogens is 438 g/mol. The molecule has 2 amide bonds. The highest BCUT2D eigenvalue weighted by atomic mass is 32.1. The number of hydrogen-bond acceptors (Lipinski definition) is 4. The van der Waals surface area contributed by atoms with Crippen molar-refractivity contribution in [1.29, 1.82) is 0 Å². The number of nitrogens with one attached hydrogen (secondary N) is 1. The van der Waals surface area contributed by atoms with Crippen LogP contribution in [0.4, 0.5) is 13.8 Å². The van der Waals surface area contributed by atoms with Gasteiger partial charge in [0.2, 0.25) is 11.8 Å². The summed E-state index contributed by atoms with van der Waals surface area (Å²) in [6.07, 6.45) is -0.246. The molecule has 0 saturated heterocycles. The largest absolute Gasteiger partial charge is 0.480 e. The van der Waals surface area contributed by atoms with E-state index in [0.29, 0.717) is 11.1 Å². The topological polar surface area (TPSA) is 86.7 Å². The van der Waals surface area contributed by atoms with E-state index >= 15 is 0 Å². The van der Waals surface area contributed by atoms with Crippen LogP contribution in [0.2, 0.25) is 0 Å². The van der Waals surface area contributed by atoms with Gasteiger partial charge in [-0.3, -0.25) is 14.5 Å². The Kier molecular flexibility index (Phi) is 7.67. The fourth-order valence-electron chi connectivity index (χ4n) is 3.13. The Balaban J connectivity index is 1.72. The van der Waals surface area contributed by atoms with Crippen LogP contribution < -0.4 is 10.2 Å². The fraction of sp³-hybridized carbons (Fsp3) is 0.174. The van der Waals surface area contributed by atoms with E-state index in [1.165, 1.54) is 16.2 Å². The summed E-state index contributed by atoms with van der Waals surface area (Å²) in [4.78, 5) is 38.3. The van der Waals surface area contributed by atoms with E-state index in [1.54, 1.807) is 47.8 Å². The lowest BCUT2D eigenvalue weighted by Gasteiger charge is -2.22. The number of carboxylic acid groups (broad SMARTS) is 1. The number of aliphatic carboxylic acids is 1. The lowest BCUT2D eigenvalue weighted by Crippen LogP contribution is -2.48. The Morgan fingerprint density at radius 2 is 1.66 bits per heavy atom. The minimum absolute atomic E-state index is 0.0808. The predicted molar refractivity (Wildman–Crippen MR) is 116 cm³/mol. The number of carbonyl (C=O) groups excluding carboxylic acids is 2. The maximum atomic E-state index is 13.5. The summed E-state index contributed by atoms with van der Waals surface area (Å²) in [6.45, 7) is -0.435. The number of halogens is 2. The Morgan fingerprint density at radius 1 is 0.969 bits per heavy atom. The van der Waals surface area contributed by atoms with Gasteiger partial charge < -0.3 is 10.4 Å². The first kappa shape index (κ1) is 23.1. The van der Waals surface area contributed by atoms with Crippen LogP contribution in [-0.2, 0) is 27.2 Å². The lowest BCUT2D eigenvalue weighted by molar-refractivity contribution is -0.141. The van der Waals surface area contributed by atoms with Gasteiger partial charge in [0.15, 0.2) is 0 Å². The summed E-state index contributed by atoms with van der Waals surface area (Å²) in [5.74, 6) is -4.04. The van der Waals surface area contributed by atoms with Crippen molar-refractivity contribution >= 4 is 34.1 Å². The number of benzene rings is 2. The van der Waals surface area contributed by atoms with Gasteiger partial charge in [-0.25, -0.2) is 13.6 Å². The zero-order chi connectivity index (χ0) is 23.1. The van der Waals surface area contributed by atoms with Crippen LogP contribution in [0.15, 0.2) is 66.0 Å². The first-order valence-corrected chi connectivity index (χ1v) is 10.5. The lowest BCUT2D eigenvalue weighted by atomic mass is 10.1. The quantitative estimate of drug-likeness (QED) is 0.515. The molecule has 0 aliphatic heterocycles. The molecule has 0 fully saturated rings. The molecule has 0 bridgehead atoms. The Hall–Kier alpha value is -3.59. The third-order valence-corrected chi connectivity index (χ3v) is 5.46. The zero-order valence-corrected chi connectivity index (χ0v) is 17.6. The second-order valence-corrected chi connectivity index (χ2v) is 7.96. The molecule has 9 heteroatoms. The van der Waals surface area contributed by atoms with Crippen molar-refractivity contribution < 1.29 is 28.3 Å². The minimum atomic E-state index is -1.20. The Morgan fingerprint density at radius 3 is 2.25 bits per heavy atom. The highest BCUT2D eigenvalue weighted by Crippen LogP contribution is 2.22. The van der Waals surface area contributed by atoms with Crippen molar-refractivity contribution in [2.75, 3.05) is 11.4 Å². The number of hydrogen-bond donors (Lipinski definition) is 2. The van der Waals surface area contributed by atoms with Gasteiger partial charge in [0.1, 0.15) is 24.2 Å². The normalized spacial score (nSPS) is 11.6. The summed E-state index contributed by atoms with van der Waals surface area (Å²) < 4.78 is 27.0. The van der Waals surface area contributed by atoms with Crippen LogP contribution in [0.5, 0.6) is 0 Å². The number of carboxylic acids is 1. The summed E-state index contributed by atoms with van der Waals surface area (Å²) in [5, 5.41) is 14.1. The fourth-order valence-corrected chi connectivity index (χ4v) is 3.88. The van der Waals surface area contributed by atoms with Gasteiger partial charge in [-0.05, 0) is 40.8 Å². The number of carbonyl (C=O) groups is 3. The molecular formula is C23H20F2N2O4S. The second-order valence-electron chi connectivity index (χ2n) is 7.03. The van der Waals surface area contributed by atoms with E-state index in [4.69, 9.17) is 0 Å². The van der Waals surface area contributed by atoms with Crippen LogP contribution in [0.1, 0.15) is 11.1 Å². The van der Waals surface area contributed by atoms with E-state index in [2.05, 4.69) is 5.32 Å². The molecule has 0 radical (unpaired) electrons. The van der Waals surface area contributed by atoms with E-state index in [0.717, 1.165) is 17.7 Å². The second kappa shape index (κ2) is 10.6. The van der Waals surface area contributed by atoms with Gasteiger partial charge in [-0.2, -0.15) is 0 Å². The predicted octanol–water partition coefficient (Wildman–Crippen LogP) is 3.41. The highest BCUT2D eigenvalue weighted by molar-refractivity contribution is 7.14. The average molecular weight is 458 g/mol. The number of anilines is 1. The van der Waals surface area contributed by atoms with Gasteiger partial charge in [-0.1, -0.05) is 30.3 Å². The monoisotopic (exact) mass is 458 g/mol. The third kappa shape index (κ3) is 6.45. The molecule has 6 nitrogen and oxygen atoms in total. The molecule has 0 aliphatic carbocycles. The number of thiophene rings is 1. The van der Waals surface area contributed by atoms with Crippen molar-refractivity contribution in [2.24, 2.45) is 0 Å². The highest BCUT2D eigenvalue weighted by Gasteiger charge is 2.25. The van der Waals surface area contributed by atoms with Crippen LogP contribution >= 0.6 is 11.3 Å². The molecule has 166 valence electrons. The minimum Gasteiger partial charge on any atom is -0.480 e. The van der Waals surface area contributed by atoms with Crippen LogP contribution in [-0.4, -0.2) is 35.5 Å². The van der Waals surface area contributed by atoms with Gasteiger partial charge in [0.25, 0.3) is 0 Å². The molecule has 2 N–H and O–H groups in total. The molecule has 1 aromatic heterocycles. The van der Waals surface area contributed by atoms with Crippen molar-refractivity contribution in [2.45, 2.75) is 18.9 Å². The molecule has 0 saturated carbocycles. The van der Waals surface area contributed by atoms with Gasteiger partial charge in [0, 0.05) is 12.5 Å². The maximum Gasteiger partial charge on any atom is 0.326 e. The van der Waals surface area contributed by atoms with Crippen molar-refractivity contribution in [3.8, 4) is 0 Å². The molecule has 1 heterocycles. The molecule has 3 aromatic rings. The smallest absolute Gasteiger partial charge is 0.326 e. The summed E-state index contributed by atoms with van der Waals surface area (Å²) in [6, 6.07) is 13.8. The van der Waals surface area contributed by atoms with Crippen molar-refractivity contribution in [3.63, 3.8) is 0 Å². The Bertz CT molecular complexity index is 1070. The van der Waals surface area contributed by atoms with Crippen LogP contribution in [0.25, 0.3) is 0 Å². The van der Waals surface area contributed by atoms with E-state index in [9.17, 15) is 28.3 Å². The summed E-state index contributed by atoms with van der Waals surface area (Å²) in [7, 11) is 0. The van der Waals surface area contributed by atoms with E-state index < -0.39 is 42.0 Å². The van der Waals surface area contributed by atoms with Crippen molar-refractivity contribution in [1.82, 2.24) is 5.32 Å². The molecule has 0 aliphatic rings. The standard InChI is InChI=1S/C23H20F2N2O4S/c24-17-9-16(10-18(25)13-17)12-21(29)27(22-7-4-8-32-22)14-20(28)26-19(23(30)31)11-15-5-2-1-3-6-15/h1-10,13,19H,11-12,14H2,(H,26,28)(H,30,31)/t19-/m0/s1. The van der Waals surface area contributed by atoms with Gasteiger partial charge in [-0.15, -0.1) is 11.3 Å². The molecule has 2 aromatic carbocycles. The molecule has 3 rings (SSSR count). The molecule has 1 atom stereocenters. The van der Waals surface area contributed by atoms with Crippen LogP contribution in [0, 0.1) is 11.6 Å². The van der Waals surface area contributed by atoms with Crippen molar-refractivity contribution in [3.05, 3.63) is 88.8 Å². The summed E-state index contributed by atoms with van der Waals surface area (Å²) >= 11 is 1.21. The van der Waals surface area contributed by atoms with E-state index in [-0.39, 0.29) is 18.4 Å². The maximum absolute atomic E-state index is 13.5. The first-order chi connectivity index (χ1) is 15.3. The Labute approximate surface area is 187 Å². The molecule has 0 unspecified atom stereocenters. The zero-order valence-electron chi connectivity index (χ0n) is 16.8. The number of amides is 2. The molecule has 0 spiro atoms. The third-order valence-electron chi connectivity index (χ3n) is 4.57. The number of rotatable bonds is 9. The number of nitrogens with zero attached hydrogens (tertiary/aromatic N) is 1. The van der Waals surface area contributed by atoms with Gasteiger partial charge in [0.05, 0.1) is 11.4 Å². The summed E-state index contributed by atoms with van der Waals surface area (Å²) in [5.41, 5.74) is 0.862. The van der Waals surface area contributed by atoms with Gasteiger partial charge >= 0.3 is 5.97 Å². The first-order valence-electron chi connectivity index (χ1n) is 9.67. The average Bonchev–Trinajstić information content (AvgIpc) is 3.26. The van der Waals surface area contributed by atoms with Crippen LogP contribution in [0.3, 0.4) is 0 Å². The molecule has 32 heavy (non-hydrogen) atoms.